The Morgan fingerprint density at radius 2 is 1.80 bits per heavy atom. The molecule has 1 N–H and O–H groups in total. The maximum Gasteiger partial charge on any atom is 0.165 e. The van der Waals surface area contributed by atoms with E-state index in [0.717, 1.165) is 28.9 Å². The van der Waals surface area contributed by atoms with Crippen LogP contribution in [0.25, 0.3) is 11.1 Å². The third-order valence-corrected chi connectivity index (χ3v) is 4.80. The van der Waals surface area contributed by atoms with Crippen LogP contribution in [0, 0.1) is 6.92 Å². The van der Waals surface area contributed by atoms with Crippen molar-refractivity contribution in [1.82, 2.24) is 4.98 Å². The molecule has 1 heterocycles. The number of aromatic nitrogens is 1. The molecule has 0 aliphatic heterocycles. The minimum atomic E-state index is 0.126. The number of fused-ring (bicyclic) bond motifs is 1. The van der Waals surface area contributed by atoms with Crippen molar-refractivity contribution in [2.24, 2.45) is 0 Å². The van der Waals surface area contributed by atoms with Gasteiger partial charge in [0.05, 0.1) is 5.69 Å². The lowest BCUT2D eigenvalue weighted by Gasteiger charge is -2.25. The summed E-state index contributed by atoms with van der Waals surface area (Å²) in [5.41, 5.74) is 5.37. The van der Waals surface area contributed by atoms with Gasteiger partial charge in [-0.2, -0.15) is 0 Å². The number of carbonyl (C=O) groups is 1. The van der Waals surface area contributed by atoms with E-state index in [2.05, 4.69) is 17.1 Å². The summed E-state index contributed by atoms with van der Waals surface area (Å²) in [5.74, 6) is 0.500. The molecule has 1 atom stereocenters. The lowest BCUT2D eigenvalue weighted by atomic mass is 9.79. The zero-order valence-corrected chi connectivity index (χ0v) is 14.1. The van der Waals surface area contributed by atoms with Gasteiger partial charge >= 0.3 is 0 Å². The standard InChI is InChI=1S/C22H19NO2/c1-14-10-19(16-8-5-9-18(24)11-16)22-20(23-14)12-17(13-21(22)25)15-6-3-2-4-7-15/h2-11,17,24H,12-13H2,1H3. The number of ketones is 1. The van der Waals surface area contributed by atoms with E-state index in [0.29, 0.717) is 12.0 Å². The van der Waals surface area contributed by atoms with Gasteiger partial charge in [-0.15, -0.1) is 0 Å². The number of Topliss-reactive ketones (excluding diaryl/α,β-unsaturated/α-hetero) is 1. The second-order valence-corrected chi connectivity index (χ2v) is 6.62. The van der Waals surface area contributed by atoms with Gasteiger partial charge in [-0.05, 0) is 54.2 Å². The van der Waals surface area contributed by atoms with Crippen LogP contribution in [0.5, 0.6) is 5.75 Å². The summed E-state index contributed by atoms with van der Waals surface area (Å²) < 4.78 is 0. The largest absolute Gasteiger partial charge is 0.508 e. The van der Waals surface area contributed by atoms with Crippen LogP contribution < -0.4 is 0 Å². The van der Waals surface area contributed by atoms with Crippen LogP contribution >= 0.6 is 0 Å². The minimum Gasteiger partial charge on any atom is -0.508 e. The topological polar surface area (TPSA) is 50.2 Å². The fourth-order valence-corrected chi connectivity index (χ4v) is 3.69. The van der Waals surface area contributed by atoms with Crippen molar-refractivity contribution in [3.8, 4) is 16.9 Å². The molecule has 1 aliphatic rings. The molecule has 3 nitrogen and oxygen atoms in total. The van der Waals surface area contributed by atoms with Crippen LogP contribution in [0.1, 0.15) is 39.6 Å². The van der Waals surface area contributed by atoms with Crippen molar-refractivity contribution < 1.29 is 9.90 Å². The van der Waals surface area contributed by atoms with Crippen molar-refractivity contribution in [2.75, 3.05) is 0 Å². The van der Waals surface area contributed by atoms with Gasteiger partial charge in [0.25, 0.3) is 0 Å². The Kier molecular flexibility index (Phi) is 3.85. The fraction of sp³-hybridized carbons (Fsp3) is 0.182. The van der Waals surface area contributed by atoms with Crippen molar-refractivity contribution in [1.29, 1.82) is 0 Å². The van der Waals surface area contributed by atoms with Crippen LogP contribution in [0.3, 0.4) is 0 Å². The normalized spacial score (nSPS) is 16.5. The molecule has 3 heteroatoms. The Morgan fingerprint density at radius 3 is 2.56 bits per heavy atom. The number of hydrogen-bond donors (Lipinski definition) is 1. The summed E-state index contributed by atoms with van der Waals surface area (Å²) in [6, 6.07) is 19.2. The Balaban J connectivity index is 1.82. The van der Waals surface area contributed by atoms with Crippen molar-refractivity contribution in [3.63, 3.8) is 0 Å². The first-order valence-electron chi connectivity index (χ1n) is 8.50. The molecule has 0 radical (unpaired) electrons. The number of carbonyl (C=O) groups excluding carboxylic acids is 1. The maximum atomic E-state index is 13.0. The lowest BCUT2D eigenvalue weighted by Crippen LogP contribution is -2.21. The summed E-state index contributed by atoms with van der Waals surface area (Å²) >= 11 is 0. The Bertz CT molecular complexity index is 947. The molecule has 1 aliphatic carbocycles. The smallest absolute Gasteiger partial charge is 0.165 e. The number of nitrogens with zero attached hydrogens (tertiary/aromatic N) is 1. The Labute approximate surface area is 147 Å². The highest BCUT2D eigenvalue weighted by Gasteiger charge is 2.30. The minimum absolute atomic E-state index is 0.126. The summed E-state index contributed by atoms with van der Waals surface area (Å²) in [6.07, 6.45) is 1.26. The third kappa shape index (κ3) is 2.93. The SMILES string of the molecule is Cc1cc(-c2cccc(O)c2)c2c(n1)CC(c1ccccc1)CC2=O. The van der Waals surface area contributed by atoms with Gasteiger partial charge in [0.15, 0.2) is 5.78 Å². The molecular weight excluding hydrogens is 310 g/mol. The molecule has 0 amide bonds. The number of benzene rings is 2. The van der Waals surface area contributed by atoms with E-state index in [1.807, 2.05) is 37.3 Å². The van der Waals surface area contributed by atoms with Gasteiger partial charge in [0, 0.05) is 17.7 Å². The van der Waals surface area contributed by atoms with Crippen molar-refractivity contribution in [2.45, 2.75) is 25.7 Å². The summed E-state index contributed by atoms with van der Waals surface area (Å²) in [4.78, 5) is 17.6. The zero-order chi connectivity index (χ0) is 17.4. The summed E-state index contributed by atoms with van der Waals surface area (Å²) in [7, 11) is 0. The predicted octanol–water partition coefficient (Wildman–Crippen LogP) is 4.68. The Hall–Kier alpha value is -2.94. The molecule has 1 aromatic heterocycles. The molecule has 2 aromatic carbocycles. The quantitative estimate of drug-likeness (QED) is 0.743. The van der Waals surface area contributed by atoms with Gasteiger partial charge in [-0.25, -0.2) is 0 Å². The first-order valence-corrected chi connectivity index (χ1v) is 8.50. The molecule has 25 heavy (non-hydrogen) atoms. The van der Waals surface area contributed by atoms with Gasteiger partial charge < -0.3 is 5.11 Å². The average molecular weight is 329 g/mol. The first-order chi connectivity index (χ1) is 12.1. The average Bonchev–Trinajstić information content (AvgIpc) is 2.61. The van der Waals surface area contributed by atoms with Crippen LogP contribution in [0.4, 0.5) is 0 Å². The number of phenolic OH excluding ortho intramolecular Hbond substituents is 1. The van der Waals surface area contributed by atoms with Crippen LogP contribution in [0.15, 0.2) is 60.7 Å². The molecule has 1 unspecified atom stereocenters. The highest BCUT2D eigenvalue weighted by molar-refractivity contribution is 6.04. The molecule has 124 valence electrons. The maximum absolute atomic E-state index is 13.0. The van der Waals surface area contributed by atoms with Gasteiger partial charge in [-0.3, -0.25) is 9.78 Å². The molecule has 0 bridgehead atoms. The van der Waals surface area contributed by atoms with E-state index < -0.39 is 0 Å². The number of phenols is 1. The molecular formula is C22H19NO2. The van der Waals surface area contributed by atoms with E-state index in [1.165, 1.54) is 5.56 Å². The third-order valence-electron chi connectivity index (χ3n) is 4.80. The van der Waals surface area contributed by atoms with E-state index in [1.54, 1.807) is 18.2 Å². The van der Waals surface area contributed by atoms with Crippen molar-refractivity contribution >= 4 is 5.78 Å². The second kappa shape index (κ2) is 6.17. The van der Waals surface area contributed by atoms with Gasteiger partial charge in [-0.1, -0.05) is 42.5 Å². The number of rotatable bonds is 2. The summed E-state index contributed by atoms with van der Waals surface area (Å²) in [6.45, 7) is 1.95. The van der Waals surface area contributed by atoms with Gasteiger partial charge in [0.2, 0.25) is 0 Å². The van der Waals surface area contributed by atoms with E-state index in [4.69, 9.17) is 0 Å². The number of hydrogen-bond acceptors (Lipinski definition) is 3. The van der Waals surface area contributed by atoms with Gasteiger partial charge in [0.1, 0.15) is 5.75 Å². The molecule has 0 saturated heterocycles. The second-order valence-electron chi connectivity index (χ2n) is 6.62. The van der Waals surface area contributed by atoms with Crippen molar-refractivity contribution in [3.05, 3.63) is 83.2 Å². The monoisotopic (exact) mass is 329 g/mol. The molecule has 0 saturated carbocycles. The highest BCUT2D eigenvalue weighted by Crippen LogP contribution is 2.37. The lowest BCUT2D eigenvalue weighted by molar-refractivity contribution is 0.0964. The highest BCUT2D eigenvalue weighted by atomic mass is 16.3. The first kappa shape index (κ1) is 15.6. The Morgan fingerprint density at radius 1 is 1.00 bits per heavy atom. The molecule has 0 fully saturated rings. The van der Waals surface area contributed by atoms with Crippen LogP contribution in [-0.4, -0.2) is 15.9 Å². The van der Waals surface area contributed by atoms with E-state index in [9.17, 15) is 9.90 Å². The zero-order valence-electron chi connectivity index (χ0n) is 14.1. The number of aromatic hydroxyl groups is 1. The molecule has 3 aromatic rings. The predicted molar refractivity (Wildman–Crippen MR) is 97.9 cm³/mol. The number of pyridine rings is 1. The summed E-state index contributed by atoms with van der Waals surface area (Å²) in [5, 5.41) is 9.80. The number of aryl methyl sites for hydroxylation is 1. The molecule has 0 spiro atoms. The molecule has 4 rings (SSSR count). The van der Waals surface area contributed by atoms with E-state index >= 15 is 0 Å². The van der Waals surface area contributed by atoms with Crippen LogP contribution in [0.2, 0.25) is 0 Å². The fourth-order valence-electron chi connectivity index (χ4n) is 3.69. The van der Waals surface area contributed by atoms with Crippen LogP contribution in [-0.2, 0) is 6.42 Å². The van der Waals surface area contributed by atoms with E-state index in [-0.39, 0.29) is 17.5 Å².